The first-order valence-corrected chi connectivity index (χ1v) is 8.55. The summed E-state index contributed by atoms with van der Waals surface area (Å²) in [5.74, 6) is 0.331. The molecule has 5 heteroatoms. The Morgan fingerprint density at radius 1 is 1.42 bits per heavy atom. The average molecular weight is 282 g/mol. The van der Waals surface area contributed by atoms with E-state index in [9.17, 15) is 8.42 Å². The van der Waals surface area contributed by atoms with E-state index < -0.39 is 9.84 Å². The summed E-state index contributed by atoms with van der Waals surface area (Å²) in [6.45, 7) is 2.00. The lowest BCUT2D eigenvalue weighted by Crippen LogP contribution is -2.46. The molecule has 0 spiro atoms. The average Bonchev–Trinajstić information content (AvgIpc) is 2.38. The topological polar surface area (TPSA) is 59.1 Å². The minimum atomic E-state index is -2.95. The van der Waals surface area contributed by atoms with Crippen LogP contribution in [0.4, 0.5) is 0 Å². The van der Waals surface area contributed by atoms with E-state index in [2.05, 4.69) is 10.3 Å². The van der Waals surface area contributed by atoms with Gasteiger partial charge in [0.25, 0.3) is 0 Å². The van der Waals surface area contributed by atoms with Gasteiger partial charge < -0.3 is 5.32 Å². The summed E-state index contributed by atoms with van der Waals surface area (Å²) < 4.78 is 24.3. The number of aromatic nitrogens is 1. The maximum absolute atomic E-state index is 12.2. The van der Waals surface area contributed by atoms with Gasteiger partial charge in [-0.3, -0.25) is 4.98 Å². The van der Waals surface area contributed by atoms with E-state index in [1.807, 2.05) is 32.3 Å². The number of aryl methyl sites for hydroxylation is 1. The maximum Gasteiger partial charge on any atom is 0.154 e. The third-order valence-electron chi connectivity index (χ3n) is 3.85. The highest BCUT2D eigenvalue weighted by Crippen LogP contribution is 2.23. The van der Waals surface area contributed by atoms with E-state index in [-0.39, 0.29) is 11.3 Å². The molecule has 0 aromatic carbocycles. The number of nitrogens with one attached hydrogen (secondary N) is 1. The van der Waals surface area contributed by atoms with E-state index in [4.69, 9.17) is 0 Å². The van der Waals surface area contributed by atoms with Crippen LogP contribution in [-0.4, -0.2) is 37.5 Å². The molecule has 1 N–H and O–H groups in total. The molecule has 0 aliphatic carbocycles. The maximum atomic E-state index is 12.2. The first-order valence-electron chi connectivity index (χ1n) is 6.83. The van der Waals surface area contributed by atoms with E-state index >= 15 is 0 Å². The number of rotatable bonds is 4. The predicted octanol–water partition coefficient (Wildman–Crippen LogP) is 1.49. The number of pyridine rings is 1. The molecule has 2 unspecified atom stereocenters. The third-order valence-corrected chi connectivity index (χ3v) is 6.19. The lowest BCUT2D eigenvalue weighted by molar-refractivity contribution is 0.454. The molecule has 2 rings (SSSR count). The SMILES string of the molecule is CNC(Cc1ccc(C)cn1)C1CCCCS1(=O)=O. The Kier molecular flexibility index (Phi) is 4.58. The van der Waals surface area contributed by atoms with Crippen molar-refractivity contribution < 1.29 is 8.42 Å². The fourth-order valence-corrected chi connectivity index (χ4v) is 4.86. The Hall–Kier alpha value is -0.940. The van der Waals surface area contributed by atoms with Crippen molar-refractivity contribution in [3.63, 3.8) is 0 Å². The molecule has 106 valence electrons. The number of sulfone groups is 1. The molecule has 1 aliphatic heterocycles. The Morgan fingerprint density at radius 3 is 2.79 bits per heavy atom. The second-order valence-electron chi connectivity index (χ2n) is 5.33. The van der Waals surface area contributed by atoms with Crippen molar-refractivity contribution in [2.45, 2.75) is 43.9 Å². The summed E-state index contributed by atoms with van der Waals surface area (Å²) in [7, 11) is -1.12. The Morgan fingerprint density at radius 2 is 2.21 bits per heavy atom. The van der Waals surface area contributed by atoms with Gasteiger partial charge in [0.15, 0.2) is 9.84 Å². The molecule has 1 saturated heterocycles. The van der Waals surface area contributed by atoms with Crippen LogP contribution in [0.1, 0.15) is 30.5 Å². The van der Waals surface area contributed by atoms with Gasteiger partial charge >= 0.3 is 0 Å². The molecule has 1 aliphatic rings. The highest BCUT2D eigenvalue weighted by molar-refractivity contribution is 7.92. The lowest BCUT2D eigenvalue weighted by atomic mass is 10.0. The van der Waals surface area contributed by atoms with Crippen LogP contribution >= 0.6 is 0 Å². The van der Waals surface area contributed by atoms with Gasteiger partial charge in [-0.15, -0.1) is 0 Å². The highest BCUT2D eigenvalue weighted by Gasteiger charge is 2.34. The van der Waals surface area contributed by atoms with Crippen molar-refractivity contribution >= 4 is 9.84 Å². The van der Waals surface area contributed by atoms with Gasteiger partial charge in [-0.25, -0.2) is 8.42 Å². The number of hydrogen-bond donors (Lipinski definition) is 1. The molecule has 0 amide bonds. The monoisotopic (exact) mass is 282 g/mol. The Labute approximate surface area is 115 Å². The molecular formula is C14H22N2O2S. The summed E-state index contributed by atoms with van der Waals surface area (Å²) in [6.07, 6.45) is 5.07. The van der Waals surface area contributed by atoms with Crippen LogP contribution in [0.2, 0.25) is 0 Å². The Bertz CT molecular complexity index is 511. The first-order chi connectivity index (χ1) is 9.03. The molecular weight excluding hydrogens is 260 g/mol. The second kappa shape index (κ2) is 6.01. The molecule has 0 saturated carbocycles. The van der Waals surface area contributed by atoms with Crippen LogP contribution in [-0.2, 0) is 16.3 Å². The van der Waals surface area contributed by atoms with E-state index in [0.29, 0.717) is 12.2 Å². The smallest absolute Gasteiger partial charge is 0.154 e. The van der Waals surface area contributed by atoms with Crippen LogP contribution in [0.25, 0.3) is 0 Å². The number of nitrogens with zero attached hydrogens (tertiary/aromatic N) is 1. The van der Waals surface area contributed by atoms with Gasteiger partial charge in [-0.05, 0) is 38.4 Å². The molecule has 0 bridgehead atoms. The fourth-order valence-electron chi connectivity index (χ4n) is 2.70. The molecule has 1 aromatic rings. The van der Waals surface area contributed by atoms with Gasteiger partial charge in [-0.2, -0.15) is 0 Å². The van der Waals surface area contributed by atoms with Crippen LogP contribution < -0.4 is 5.32 Å². The summed E-state index contributed by atoms with van der Waals surface area (Å²) >= 11 is 0. The highest BCUT2D eigenvalue weighted by atomic mass is 32.2. The van der Waals surface area contributed by atoms with E-state index in [1.165, 1.54) is 0 Å². The van der Waals surface area contributed by atoms with Crippen molar-refractivity contribution in [3.8, 4) is 0 Å². The van der Waals surface area contributed by atoms with Crippen molar-refractivity contribution in [2.24, 2.45) is 0 Å². The minimum absolute atomic E-state index is 0.0412. The van der Waals surface area contributed by atoms with Gasteiger partial charge in [-0.1, -0.05) is 12.5 Å². The lowest BCUT2D eigenvalue weighted by Gasteiger charge is -2.29. The third kappa shape index (κ3) is 3.54. The fraction of sp³-hybridized carbons (Fsp3) is 0.643. The van der Waals surface area contributed by atoms with Gasteiger partial charge in [0.2, 0.25) is 0 Å². The molecule has 0 radical (unpaired) electrons. The predicted molar refractivity (Wildman–Crippen MR) is 77.0 cm³/mol. The summed E-state index contributed by atoms with van der Waals surface area (Å²) in [6, 6.07) is 3.96. The van der Waals surface area contributed by atoms with Crippen molar-refractivity contribution in [3.05, 3.63) is 29.6 Å². The van der Waals surface area contributed by atoms with E-state index in [0.717, 1.165) is 30.5 Å². The molecule has 19 heavy (non-hydrogen) atoms. The standard InChI is InChI=1S/C14H22N2O2S/c1-11-6-7-12(16-10-11)9-13(15-2)14-5-3-4-8-19(14,17)18/h6-7,10,13-15H,3-5,8-9H2,1-2H3. The molecule has 1 aromatic heterocycles. The zero-order valence-electron chi connectivity index (χ0n) is 11.6. The summed E-state index contributed by atoms with van der Waals surface area (Å²) in [4.78, 5) is 4.37. The minimum Gasteiger partial charge on any atom is -0.315 e. The van der Waals surface area contributed by atoms with Gasteiger partial charge in [0, 0.05) is 24.4 Å². The van der Waals surface area contributed by atoms with E-state index in [1.54, 1.807) is 0 Å². The zero-order valence-corrected chi connectivity index (χ0v) is 12.4. The largest absolute Gasteiger partial charge is 0.315 e. The van der Waals surface area contributed by atoms with Crippen LogP contribution in [0.5, 0.6) is 0 Å². The van der Waals surface area contributed by atoms with Gasteiger partial charge in [0.05, 0.1) is 11.0 Å². The second-order valence-corrected chi connectivity index (χ2v) is 7.67. The van der Waals surface area contributed by atoms with Crippen LogP contribution in [0, 0.1) is 6.92 Å². The first kappa shape index (κ1) is 14.5. The van der Waals surface area contributed by atoms with Crippen molar-refractivity contribution in [1.82, 2.24) is 10.3 Å². The molecule has 1 fully saturated rings. The summed E-state index contributed by atoms with van der Waals surface area (Å²) in [5, 5.41) is 2.90. The van der Waals surface area contributed by atoms with Crippen molar-refractivity contribution in [2.75, 3.05) is 12.8 Å². The summed E-state index contributed by atoms with van der Waals surface area (Å²) in [5.41, 5.74) is 2.07. The zero-order chi connectivity index (χ0) is 13.9. The Balaban J connectivity index is 2.13. The van der Waals surface area contributed by atoms with Crippen LogP contribution in [0.15, 0.2) is 18.3 Å². The quantitative estimate of drug-likeness (QED) is 0.909. The van der Waals surface area contributed by atoms with Gasteiger partial charge in [0.1, 0.15) is 0 Å². The molecule has 2 heterocycles. The van der Waals surface area contributed by atoms with Crippen LogP contribution in [0.3, 0.4) is 0 Å². The van der Waals surface area contributed by atoms with Crippen molar-refractivity contribution in [1.29, 1.82) is 0 Å². The molecule has 4 nitrogen and oxygen atoms in total. The number of likely N-dealkylation sites (N-methyl/N-ethyl adjacent to an activating group) is 1. The number of hydrogen-bond acceptors (Lipinski definition) is 4. The molecule has 2 atom stereocenters. The normalized spacial score (nSPS) is 24.0.